The number of hydrogen-bond acceptors (Lipinski definition) is 2. The van der Waals surface area contributed by atoms with Crippen LogP contribution in [-0.2, 0) is 11.2 Å². The van der Waals surface area contributed by atoms with Gasteiger partial charge in [0, 0.05) is 19.0 Å². The Hall–Kier alpha value is -0.558. The maximum Gasteiger partial charge on any atom is 2.00 e. The van der Waals surface area contributed by atoms with Crippen LogP contribution < -0.4 is 0 Å². The summed E-state index contributed by atoms with van der Waals surface area (Å²) in [5, 5.41) is 7.44. The number of rotatable bonds is 4. The molecule has 1 aliphatic rings. The number of carbonyl (C=O) groups excluding carboxylic acids is 1. The second kappa shape index (κ2) is 11.1. The molecule has 1 amide bonds. The molecular weight excluding hydrogens is 488 g/mol. The van der Waals surface area contributed by atoms with Gasteiger partial charge in [0.15, 0.2) is 0 Å². The fourth-order valence-corrected chi connectivity index (χ4v) is 2.25. The van der Waals surface area contributed by atoms with Crippen molar-refractivity contribution in [1.82, 2.24) is 4.90 Å². The SMILES string of the molecule is C[CH-]O.[CH-]=C[C@H]1CCC(=O)N1CCc1ccc(C)cc1.[U+2]. The van der Waals surface area contributed by atoms with Gasteiger partial charge in [-0.1, -0.05) is 29.8 Å². The van der Waals surface area contributed by atoms with Gasteiger partial charge in [-0.05, 0) is 25.3 Å². The fourth-order valence-electron chi connectivity index (χ4n) is 2.25. The van der Waals surface area contributed by atoms with Crippen molar-refractivity contribution in [2.45, 2.75) is 39.2 Å². The van der Waals surface area contributed by atoms with Crippen LogP contribution in [0.3, 0.4) is 0 Å². The Morgan fingerprint density at radius 2 is 2.00 bits per heavy atom. The van der Waals surface area contributed by atoms with Gasteiger partial charge in [0.1, 0.15) is 0 Å². The summed E-state index contributed by atoms with van der Waals surface area (Å²) in [5.41, 5.74) is 2.53. The molecule has 0 bridgehead atoms. The van der Waals surface area contributed by atoms with E-state index in [0.29, 0.717) is 6.42 Å². The molecular formula is C17H23NO2U. The zero-order valence-corrected chi connectivity index (χ0v) is 16.9. The molecule has 0 aromatic heterocycles. The van der Waals surface area contributed by atoms with E-state index in [4.69, 9.17) is 11.7 Å². The first-order valence-corrected chi connectivity index (χ1v) is 6.94. The van der Waals surface area contributed by atoms with Crippen LogP contribution in [0.4, 0.5) is 0 Å². The van der Waals surface area contributed by atoms with E-state index in [1.807, 2.05) is 4.90 Å². The number of carbonyl (C=O) groups is 1. The van der Waals surface area contributed by atoms with Gasteiger partial charge in [0.2, 0.25) is 5.91 Å². The van der Waals surface area contributed by atoms with Crippen molar-refractivity contribution in [3.05, 3.63) is 54.7 Å². The van der Waals surface area contributed by atoms with Crippen molar-refractivity contribution >= 4 is 5.91 Å². The Morgan fingerprint density at radius 1 is 1.43 bits per heavy atom. The summed E-state index contributed by atoms with van der Waals surface area (Å²) in [6, 6.07) is 8.59. The summed E-state index contributed by atoms with van der Waals surface area (Å²) < 4.78 is 0. The van der Waals surface area contributed by atoms with Gasteiger partial charge in [-0.25, -0.2) is 6.61 Å². The minimum Gasteiger partial charge on any atom is -0.566 e. The van der Waals surface area contributed by atoms with E-state index in [0.717, 1.165) is 26.0 Å². The van der Waals surface area contributed by atoms with E-state index in [1.165, 1.54) is 11.1 Å². The Kier molecular flexibility index (Phi) is 10.8. The van der Waals surface area contributed by atoms with Crippen molar-refractivity contribution in [2.24, 2.45) is 0 Å². The number of amides is 1. The maximum absolute atomic E-state index is 11.7. The van der Waals surface area contributed by atoms with E-state index in [1.54, 1.807) is 13.0 Å². The minimum atomic E-state index is 0. The Morgan fingerprint density at radius 3 is 2.52 bits per heavy atom. The predicted octanol–water partition coefficient (Wildman–Crippen LogP) is 3.06. The summed E-state index contributed by atoms with van der Waals surface area (Å²) in [5.74, 6) is 0.226. The normalized spacial score (nSPS) is 16.8. The molecule has 0 spiro atoms. The molecule has 1 aromatic rings. The molecule has 21 heavy (non-hydrogen) atoms. The molecule has 2 rings (SSSR count). The molecule has 112 valence electrons. The largest absolute Gasteiger partial charge is 2.00 e. The fraction of sp³-hybridized carbons (Fsp3) is 0.412. The summed E-state index contributed by atoms with van der Waals surface area (Å²) in [4.78, 5) is 13.6. The van der Waals surface area contributed by atoms with E-state index in [9.17, 15) is 4.79 Å². The first kappa shape index (κ1) is 20.4. The van der Waals surface area contributed by atoms with Gasteiger partial charge in [-0.2, -0.15) is 6.92 Å². The van der Waals surface area contributed by atoms with Crippen LogP contribution in [0.15, 0.2) is 30.3 Å². The van der Waals surface area contributed by atoms with Crippen LogP contribution in [0, 0.1) is 51.2 Å². The zero-order chi connectivity index (χ0) is 15.0. The monoisotopic (exact) mass is 511 g/mol. The molecule has 1 aliphatic heterocycles. The van der Waals surface area contributed by atoms with E-state index in [-0.39, 0.29) is 43.1 Å². The topological polar surface area (TPSA) is 40.5 Å². The van der Waals surface area contributed by atoms with E-state index < -0.39 is 0 Å². The summed E-state index contributed by atoms with van der Waals surface area (Å²) in [7, 11) is 0. The molecule has 1 saturated heterocycles. The van der Waals surface area contributed by atoms with Gasteiger partial charge < -0.3 is 16.6 Å². The molecule has 1 N–H and O–H groups in total. The molecule has 1 fully saturated rings. The predicted molar refractivity (Wildman–Crippen MR) is 80.4 cm³/mol. The summed E-state index contributed by atoms with van der Waals surface area (Å²) in [6.45, 7) is 11.0. The van der Waals surface area contributed by atoms with Crippen LogP contribution in [0.5, 0.6) is 0 Å². The molecule has 0 aliphatic carbocycles. The number of aliphatic hydroxyl groups is 1. The second-order valence-corrected chi connectivity index (χ2v) is 4.88. The van der Waals surface area contributed by atoms with Gasteiger partial charge in [0.25, 0.3) is 0 Å². The summed E-state index contributed by atoms with van der Waals surface area (Å²) in [6.07, 6.45) is 4.03. The third-order valence-corrected chi connectivity index (χ3v) is 3.36. The van der Waals surface area contributed by atoms with Crippen LogP contribution in [0.1, 0.15) is 30.9 Å². The average molecular weight is 511 g/mol. The first-order chi connectivity index (χ1) is 9.62. The number of likely N-dealkylation sites (tertiary alicyclic amines) is 1. The smallest absolute Gasteiger partial charge is 0.566 e. The van der Waals surface area contributed by atoms with Crippen LogP contribution >= 0.6 is 0 Å². The molecule has 0 saturated carbocycles. The van der Waals surface area contributed by atoms with E-state index >= 15 is 0 Å². The van der Waals surface area contributed by atoms with Gasteiger partial charge in [0.05, 0.1) is 0 Å². The molecule has 0 unspecified atom stereocenters. The molecule has 0 radical (unpaired) electrons. The number of hydrogen-bond donors (Lipinski definition) is 1. The Labute approximate surface area is 151 Å². The van der Waals surface area contributed by atoms with Gasteiger partial charge in [-0.15, -0.1) is 0 Å². The van der Waals surface area contributed by atoms with E-state index in [2.05, 4.69) is 31.2 Å². The first-order valence-electron chi connectivity index (χ1n) is 6.94. The van der Waals surface area contributed by atoms with Crippen molar-refractivity contribution < 1.29 is 41.0 Å². The molecule has 1 atom stereocenters. The minimum absolute atomic E-state index is 0. The van der Waals surface area contributed by atoms with Crippen molar-refractivity contribution in [3.63, 3.8) is 0 Å². The van der Waals surface area contributed by atoms with Crippen LogP contribution in [0.25, 0.3) is 0 Å². The van der Waals surface area contributed by atoms with Crippen molar-refractivity contribution in [1.29, 1.82) is 0 Å². The Bertz CT molecular complexity index is 431. The molecule has 4 heteroatoms. The van der Waals surface area contributed by atoms with Crippen LogP contribution in [-0.4, -0.2) is 28.5 Å². The molecule has 1 aromatic carbocycles. The summed E-state index contributed by atoms with van der Waals surface area (Å²) >= 11 is 0. The molecule has 1 heterocycles. The second-order valence-electron chi connectivity index (χ2n) is 4.88. The standard InChI is InChI=1S/C15H18NO.C2H5O.U/c1-3-14-8-9-15(17)16(14)11-10-13-6-4-12(2)5-7-13;1-2-3;/h1,3-7,14H,8-11H2,2H3;2-3H,1H3;/q2*-1;+2/t14-;;/m0../s1. The van der Waals surface area contributed by atoms with Gasteiger partial charge in [-0.3, -0.25) is 10.9 Å². The Balaban J connectivity index is 0.000000922. The third kappa shape index (κ3) is 6.82. The number of aryl methyl sites for hydroxylation is 1. The quantitative estimate of drug-likeness (QED) is 0.632. The third-order valence-electron chi connectivity index (χ3n) is 3.36. The maximum atomic E-state index is 11.7. The van der Waals surface area contributed by atoms with Crippen molar-refractivity contribution in [2.75, 3.05) is 6.54 Å². The number of benzene rings is 1. The van der Waals surface area contributed by atoms with Gasteiger partial charge >= 0.3 is 31.1 Å². The average Bonchev–Trinajstić information content (AvgIpc) is 2.80. The number of aliphatic hydroxyl groups excluding tert-OH is 1. The molecule has 3 nitrogen and oxygen atoms in total. The zero-order valence-electron chi connectivity index (χ0n) is 12.7. The van der Waals surface area contributed by atoms with Crippen LogP contribution in [0.2, 0.25) is 0 Å². The van der Waals surface area contributed by atoms with Crippen molar-refractivity contribution in [3.8, 4) is 0 Å². The number of nitrogens with zero attached hydrogens (tertiary/aromatic N) is 1.